The summed E-state index contributed by atoms with van der Waals surface area (Å²) in [6.07, 6.45) is 1.91. The van der Waals surface area contributed by atoms with Gasteiger partial charge in [-0.2, -0.15) is 0 Å². The van der Waals surface area contributed by atoms with Gasteiger partial charge < -0.3 is 20.5 Å². The number of carboxylic acids is 1. The minimum atomic E-state index is -1.04. The molecule has 1 aliphatic rings. The number of ether oxygens (including phenoxy) is 1. The fourth-order valence-electron chi connectivity index (χ4n) is 1.51. The van der Waals surface area contributed by atoms with Crippen LogP contribution in [0.1, 0.15) is 19.8 Å². The van der Waals surface area contributed by atoms with Crippen molar-refractivity contribution in [3.8, 4) is 0 Å². The van der Waals surface area contributed by atoms with Crippen LogP contribution < -0.4 is 10.6 Å². The van der Waals surface area contributed by atoms with Gasteiger partial charge in [0.05, 0.1) is 0 Å². The standard InChI is InChI=1S/C10H18N2O4/c1-7(9(13)14)12-10(15)11-4-2-8-3-5-16-6-8/h7-8H,2-6H2,1H3,(H,13,14)(H2,11,12,15). The maximum Gasteiger partial charge on any atom is 0.325 e. The van der Waals surface area contributed by atoms with Crippen LogP contribution in [-0.2, 0) is 9.53 Å². The summed E-state index contributed by atoms with van der Waals surface area (Å²) < 4.78 is 5.20. The molecule has 0 spiro atoms. The molecule has 6 nitrogen and oxygen atoms in total. The first-order valence-electron chi connectivity index (χ1n) is 5.44. The Bertz CT molecular complexity index is 251. The van der Waals surface area contributed by atoms with E-state index in [1.165, 1.54) is 6.92 Å². The average Bonchev–Trinajstić information content (AvgIpc) is 2.70. The van der Waals surface area contributed by atoms with Crippen molar-refractivity contribution in [3.05, 3.63) is 0 Å². The number of amides is 2. The normalized spacial score (nSPS) is 21.4. The number of hydrogen-bond acceptors (Lipinski definition) is 3. The van der Waals surface area contributed by atoms with Gasteiger partial charge in [-0.1, -0.05) is 0 Å². The zero-order chi connectivity index (χ0) is 12.0. The van der Waals surface area contributed by atoms with E-state index in [-0.39, 0.29) is 0 Å². The van der Waals surface area contributed by atoms with Crippen molar-refractivity contribution in [3.63, 3.8) is 0 Å². The molecule has 16 heavy (non-hydrogen) atoms. The van der Waals surface area contributed by atoms with Crippen molar-refractivity contribution >= 4 is 12.0 Å². The topological polar surface area (TPSA) is 87.7 Å². The van der Waals surface area contributed by atoms with Crippen LogP contribution in [0.5, 0.6) is 0 Å². The summed E-state index contributed by atoms with van der Waals surface area (Å²) >= 11 is 0. The van der Waals surface area contributed by atoms with E-state index in [1.807, 2.05) is 0 Å². The number of aliphatic carboxylic acids is 1. The molecule has 0 aromatic carbocycles. The average molecular weight is 230 g/mol. The highest BCUT2D eigenvalue weighted by Crippen LogP contribution is 2.14. The first-order chi connectivity index (χ1) is 7.59. The minimum Gasteiger partial charge on any atom is -0.480 e. The highest BCUT2D eigenvalue weighted by Gasteiger charge is 2.16. The molecule has 0 saturated carbocycles. The molecule has 1 aliphatic heterocycles. The third kappa shape index (κ3) is 4.48. The molecule has 0 radical (unpaired) electrons. The van der Waals surface area contributed by atoms with Gasteiger partial charge in [-0.3, -0.25) is 4.79 Å². The first kappa shape index (κ1) is 12.8. The smallest absolute Gasteiger partial charge is 0.325 e. The Morgan fingerprint density at radius 2 is 2.31 bits per heavy atom. The molecule has 1 rings (SSSR count). The van der Waals surface area contributed by atoms with Gasteiger partial charge in [0.25, 0.3) is 0 Å². The molecular formula is C10H18N2O4. The lowest BCUT2D eigenvalue weighted by Gasteiger charge is -2.12. The molecule has 0 aliphatic carbocycles. The predicted octanol–water partition coefficient (Wildman–Crippen LogP) is 0.185. The SMILES string of the molecule is CC(NC(=O)NCCC1CCOC1)C(=O)O. The van der Waals surface area contributed by atoms with Crippen LogP contribution >= 0.6 is 0 Å². The molecule has 0 aromatic heterocycles. The zero-order valence-corrected chi connectivity index (χ0v) is 9.36. The molecule has 92 valence electrons. The summed E-state index contributed by atoms with van der Waals surface area (Å²) in [4.78, 5) is 21.7. The zero-order valence-electron chi connectivity index (χ0n) is 9.36. The van der Waals surface area contributed by atoms with E-state index in [0.717, 1.165) is 26.1 Å². The van der Waals surface area contributed by atoms with E-state index in [9.17, 15) is 9.59 Å². The molecule has 1 saturated heterocycles. The Hall–Kier alpha value is -1.30. The van der Waals surface area contributed by atoms with Gasteiger partial charge >= 0.3 is 12.0 Å². The van der Waals surface area contributed by atoms with Crippen LogP contribution in [0.25, 0.3) is 0 Å². The van der Waals surface area contributed by atoms with Gasteiger partial charge in [0, 0.05) is 19.8 Å². The highest BCUT2D eigenvalue weighted by molar-refractivity contribution is 5.82. The molecule has 3 N–H and O–H groups in total. The predicted molar refractivity (Wildman–Crippen MR) is 57.2 cm³/mol. The maximum atomic E-state index is 11.2. The molecule has 2 amide bonds. The number of hydrogen-bond donors (Lipinski definition) is 3. The van der Waals surface area contributed by atoms with Gasteiger partial charge in [-0.15, -0.1) is 0 Å². The third-order valence-electron chi connectivity index (χ3n) is 2.58. The van der Waals surface area contributed by atoms with Crippen molar-refractivity contribution in [2.45, 2.75) is 25.8 Å². The van der Waals surface area contributed by atoms with Crippen molar-refractivity contribution in [1.82, 2.24) is 10.6 Å². The minimum absolute atomic E-state index is 0.436. The molecule has 2 atom stereocenters. The van der Waals surface area contributed by atoms with Crippen LogP contribution in [0.15, 0.2) is 0 Å². The van der Waals surface area contributed by atoms with E-state index in [0.29, 0.717) is 12.5 Å². The monoisotopic (exact) mass is 230 g/mol. The van der Waals surface area contributed by atoms with Gasteiger partial charge in [0.2, 0.25) is 0 Å². The fraction of sp³-hybridized carbons (Fsp3) is 0.800. The van der Waals surface area contributed by atoms with Crippen LogP contribution in [0, 0.1) is 5.92 Å². The highest BCUT2D eigenvalue weighted by atomic mass is 16.5. The summed E-state index contributed by atoms with van der Waals surface area (Å²) in [6.45, 7) is 3.53. The van der Waals surface area contributed by atoms with Gasteiger partial charge in [0.15, 0.2) is 0 Å². The molecular weight excluding hydrogens is 212 g/mol. The van der Waals surface area contributed by atoms with E-state index in [4.69, 9.17) is 9.84 Å². The largest absolute Gasteiger partial charge is 0.480 e. The molecule has 1 heterocycles. The van der Waals surface area contributed by atoms with Crippen LogP contribution in [-0.4, -0.2) is 42.9 Å². The Kier molecular flexibility index (Phi) is 5.04. The lowest BCUT2D eigenvalue weighted by atomic mass is 10.1. The van der Waals surface area contributed by atoms with Crippen molar-refractivity contribution in [1.29, 1.82) is 0 Å². The third-order valence-corrected chi connectivity index (χ3v) is 2.58. The van der Waals surface area contributed by atoms with E-state index >= 15 is 0 Å². The van der Waals surface area contributed by atoms with E-state index in [1.54, 1.807) is 0 Å². The molecule has 6 heteroatoms. The van der Waals surface area contributed by atoms with Crippen LogP contribution in [0.2, 0.25) is 0 Å². The van der Waals surface area contributed by atoms with Crippen LogP contribution in [0.3, 0.4) is 0 Å². The van der Waals surface area contributed by atoms with Gasteiger partial charge in [-0.05, 0) is 25.7 Å². The van der Waals surface area contributed by atoms with Crippen molar-refractivity contribution in [2.24, 2.45) is 5.92 Å². The Balaban J connectivity index is 2.07. The molecule has 1 fully saturated rings. The summed E-state index contributed by atoms with van der Waals surface area (Å²) in [5.41, 5.74) is 0. The van der Waals surface area contributed by atoms with Crippen molar-refractivity contribution < 1.29 is 19.4 Å². The lowest BCUT2D eigenvalue weighted by Crippen LogP contribution is -2.44. The lowest BCUT2D eigenvalue weighted by molar-refractivity contribution is -0.138. The van der Waals surface area contributed by atoms with Crippen LogP contribution in [0.4, 0.5) is 4.79 Å². The summed E-state index contributed by atoms with van der Waals surface area (Å²) in [7, 11) is 0. The number of urea groups is 1. The first-order valence-corrected chi connectivity index (χ1v) is 5.44. The van der Waals surface area contributed by atoms with Gasteiger partial charge in [-0.25, -0.2) is 4.79 Å². The summed E-state index contributed by atoms with van der Waals surface area (Å²) in [5.74, 6) is -0.531. The number of carbonyl (C=O) groups excluding carboxylic acids is 1. The number of rotatable bonds is 5. The molecule has 0 aromatic rings. The summed E-state index contributed by atoms with van der Waals surface area (Å²) in [5, 5.41) is 13.5. The molecule has 2 unspecified atom stereocenters. The number of carboxylic acid groups (broad SMARTS) is 1. The number of carbonyl (C=O) groups is 2. The second kappa shape index (κ2) is 6.32. The summed E-state index contributed by atoms with van der Waals surface area (Å²) in [6, 6.07) is -1.30. The Morgan fingerprint density at radius 1 is 1.56 bits per heavy atom. The number of nitrogens with one attached hydrogen (secondary N) is 2. The van der Waals surface area contributed by atoms with Gasteiger partial charge in [0.1, 0.15) is 6.04 Å². The fourth-order valence-corrected chi connectivity index (χ4v) is 1.51. The quantitative estimate of drug-likeness (QED) is 0.629. The maximum absolute atomic E-state index is 11.2. The molecule has 0 bridgehead atoms. The second-order valence-corrected chi connectivity index (χ2v) is 3.98. The van der Waals surface area contributed by atoms with E-state index in [2.05, 4.69) is 10.6 Å². The Morgan fingerprint density at radius 3 is 2.88 bits per heavy atom. The Labute approximate surface area is 94.3 Å². The van der Waals surface area contributed by atoms with Crippen molar-refractivity contribution in [2.75, 3.05) is 19.8 Å². The van der Waals surface area contributed by atoms with E-state index < -0.39 is 18.0 Å². The second-order valence-electron chi connectivity index (χ2n) is 3.98.